The van der Waals surface area contributed by atoms with Crippen LogP contribution in [0.25, 0.3) is 0 Å². The number of guanidine groups is 2. The molecule has 0 aromatic carbocycles. The van der Waals surface area contributed by atoms with Gasteiger partial charge in [-0.3, -0.25) is 5.41 Å². The standard InChI is InChI=1S/C6H15N5O2S/c1-11(3-4-14(2,12)13)6(9)10-5(7)8/h3-4H2,1-2H3,(H5,7,8,9,10). The molecule has 0 atom stereocenters. The average Bonchev–Trinajstić information content (AvgIpc) is 1.97. The molecule has 0 fully saturated rings. The summed E-state index contributed by atoms with van der Waals surface area (Å²) in [6, 6.07) is 0. The number of hydrogen-bond acceptors (Lipinski definition) is 3. The molecular weight excluding hydrogens is 206 g/mol. The maximum absolute atomic E-state index is 10.8. The minimum absolute atomic E-state index is 0.0358. The van der Waals surface area contributed by atoms with Crippen LogP contribution in [0.3, 0.4) is 0 Å². The van der Waals surface area contributed by atoms with Gasteiger partial charge in [0.2, 0.25) is 5.96 Å². The normalized spacial score (nSPS) is 10.7. The lowest BCUT2D eigenvalue weighted by Gasteiger charge is -2.15. The third-order valence-corrected chi connectivity index (χ3v) is 2.32. The van der Waals surface area contributed by atoms with Crippen molar-refractivity contribution in [3.8, 4) is 0 Å². The van der Waals surface area contributed by atoms with Crippen LogP contribution < -0.4 is 11.5 Å². The van der Waals surface area contributed by atoms with Gasteiger partial charge in [-0.15, -0.1) is 0 Å². The van der Waals surface area contributed by atoms with Crippen molar-refractivity contribution in [1.29, 1.82) is 5.41 Å². The third kappa shape index (κ3) is 6.23. The molecule has 0 radical (unpaired) electrons. The summed E-state index contributed by atoms with van der Waals surface area (Å²) in [4.78, 5) is 4.81. The maximum atomic E-state index is 10.8. The Labute approximate surface area is 83.2 Å². The van der Waals surface area contributed by atoms with E-state index in [1.165, 1.54) is 4.90 Å². The van der Waals surface area contributed by atoms with Gasteiger partial charge in [0.25, 0.3) is 0 Å². The molecule has 0 spiro atoms. The van der Waals surface area contributed by atoms with E-state index in [4.69, 9.17) is 16.9 Å². The minimum atomic E-state index is -3.03. The predicted octanol–water partition coefficient (Wildman–Crippen LogP) is -1.83. The zero-order chi connectivity index (χ0) is 11.4. The molecule has 0 aromatic rings. The Morgan fingerprint density at radius 2 is 2.00 bits per heavy atom. The fourth-order valence-electron chi connectivity index (χ4n) is 0.616. The summed E-state index contributed by atoms with van der Waals surface area (Å²) in [7, 11) is -1.49. The lowest BCUT2D eigenvalue weighted by molar-refractivity contribution is 0.518. The van der Waals surface area contributed by atoms with Gasteiger partial charge in [0.1, 0.15) is 9.84 Å². The van der Waals surface area contributed by atoms with E-state index in [0.29, 0.717) is 0 Å². The topological polar surface area (TPSA) is 126 Å². The molecule has 0 saturated carbocycles. The van der Waals surface area contributed by atoms with Gasteiger partial charge in [-0.25, -0.2) is 8.42 Å². The fraction of sp³-hybridized carbons (Fsp3) is 0.667. The van der Waals surface area contributed by atoms with Crippen LogP contribution >= 0.6 is 0 Å². The first-order chi connectivity index (χ1) is 6.22. The Kier molecular flexibility index (Phi) is 4.35. The van der Waals surface area contributed by atoms with Gasteiger partial charge >= 0.3 is 0 Å². The zero-order valence-electron chi connectivity index (χ0n) is 8.19. The van der Waals surface area contributed by atoms with Gasteiger partial charge < -0.3 is 16.4 Å². The quantitative estimate of drug-likeness (QED) is 0.382. The summed E-state index contributed by atoms with van der Waals surface area (Å²) in [6.45, 7) is 0.189. The van der Waals surface area contributed by atoms with Crippen LogP contribution in [0.5, 0.6) is 0 Å². The van der Waals surface area contributed by atoms with E-state index in [1.807, 2.05) is 0 Å². The number of nitrogens with two attached hydrogens (primary N) is 2. The molecule has 14 heavy (non-hydrogen) atoms. The Morgan fingerprint density at radius 3 is 2.36 bits per heavy atom. The van der Waals surface area contributed by atoms with Crippen LogP contribution in [0.2, 0.25) is 0 Å². The van der Waals surface area contributed by atoms with Crippen LogP contribution in [-0.4, -0.2) is 50.8 Å². The van der Waals surface area contributed by atoms with E-state index in [1.54, 1.807) is 7.05 Å². The molecule has 7 nitrogen and oxygen atoms in total. The SMILES string of the molecule is CN(CCS(C)(=O)=O)C(=N)N=C(N)N. The van der Waals surface area contributed by atoms with Gasteiger partial charge in [-0.05, 0) is 0 Å². The second-order valence-electron chi connectivity index (χ2n) is 2.91. The lowest BCUT2D eigenvalue weighted by atomic mass is 10.6. The van der Waals surface area contributed by atoms with E-state index >= 15 is 0 Å². The van der Waals surface area contributed by atoms with E-state index < -0.39 is 9.84 Å². The molecule has 0 aliphatic carbocycles. The smallest absolute Gasteiger partial charge is 0.220 e. The van der Waals surface area contributed by atoms with Crippen molar-refractivity contribution < 1.29 is 8.42 Å². The molecule has 5 N–H and O–H groups in total. The second-order valence-corrected chi connectivity index (χ2v) is 5.17. The highest BCUT2D eigenvalue weighted by atomic mass is 32.2. The largest absolute Gasteiger partial charge is 0.370 e. The van der Waals surface area contributed by atoms with Gasteiger partial charge in [-0.2, -0.15) is 4.99 Å². The highest BCUT2D eigenvalue weighted by molar-refractivity contribution is 7.90. The van der Waals surface area contributed by atoms with Crippen molar-refractivity contribution in [2.45, 2.75) is 0 Å². The molecule has 0 bridgehead atoms. The first-order valence-electron chi connectivity index (χ1n) is 3.79. The van der Waals surface area contributed by atoms with Crippen molar-refractivity contribution in [3.63, 3.8) is 0 Å². The van der Waals surface area contributed by atoms with E-state index in [9.17, 15) is 8.42 Å². The second kappa shape index (κ2) is 4.80. The highest BCUT2D eigenvalue weighted by Gasteiger charge is 2.07. The summed E-state index contributed by atoms with van der Waals surface area (Å²) >= 11 is 0. The summed E-state index contributed by atoms with van der Waals surface area (Å²) in [5.74, 6) is -0.416. The van der Waals surface area contributed by atoms with Crippen LogP contribution in [0.4, 0.5) is 0 Å². The molecule has 0 saturated heterocycles. The molecule has 0 unspecified atom stereocenters. The summed E-state index contributed by atoms with van der Waals surface area (Å²) in [6.07, 6.45) is 1.13. The highest BCUT2D eigenvalue weighted by Crippen LogP contribution is 1.90. The number of hydrogen-bond donors (Lipinski definition) is 3. The number of nitrogens with zero attached hydrogens (tertiary/aromatic N) is 2. The van der Waals surface area contributed by atoms with Crippen molar-refractivity contribution in [3.05, 3.63) is 0 Å². The zero-order valence-corrected chi connectivity index (χ0v) is 9.00. The Bertz CT molecular complexity index is 330. The summed E-state index contributed by atoms with van der Waals surface area (Å²) in [5, 5.41) is 7.32. The molecule has 8 heteroatoms. The third-order valence-electron chi connectivity index (χ3n) is 1.39. The monoisotopic (exact) mass is 221 g/mol. The van der Waals surface area contributed by atoms with Gasteiger partial charge in [-0.1, -0.05) is 0 Å². The van der Waals surface area contributed by atoms with Crippen LogP contribution in [-0.2, 0) is 9.84 Å². The molecule has 0 aromatic heterocycles. The van der Waals surface area contributed by atoms with Crippen molar-refractivity contribution in [2.24, 2.45) is 16.5 Å². The first-order valence-corrected chi connectivity index (χ1v) is 5.85. The van der Waals surface area contributed by atoms with E-state index in [2.05, 4.69) is 4.99 Å². The van der Waals surface area contributed by atoms with Crippen molar-refractivity contribution >= 4 is 21.8 Å². The lowest BCUT2D eigenvalue weighted by Crippen LogP contribution is -2.33. The molecule has 0 heterocycles. The van der Waals surface area contributed by atoms with E-state index in [-0.39, 0.29) is 24.2 Å². The Morgan fingerprint density at radius 1 is 1.50 bits per heavy atom. The molecule has 0 amide bonds. The Hall–Kier alpha value is -1.31. The number of nitrogens with one attached hydrogen (secondary N) is 1. The summed E-state index contributed by atoms with van der Waals surface area (Å²) in [5.41, 5.74) is 10.1. The average molecular weight is 221 g/mol. The van der Waals surface area contributed by atoms with E-state index in [0.717, 1.165) is 6.26 Å². The maximum Gasteiger partial charge on any atom is 0.220 e. The number of rotatable bonds is 3. The van der Waals surface area contributed by atoms with Crippen molar-refractivity contribution in [2.75, 3.05) is 25.6 Å². The van der Waals surface area contributed by atoms with Crippen LogP contribution in [0.15, 0.2) is 4.99 Å². The number of sulfone groups is 1. The van der Waals surface area contributed by atoms with Crippen LogP contribution in [0.1, 0.15) is 0 Å². The molecular formula is C6H15N5O2S. The molecule has 0 rings (SSSR count). The van der Waals surface area contributed by atoms with Gasteiger partial charge in [0.15, 0.2) is 5.96 Å². The summed E-state index contributed by atoms with van der Waals surface area (Å²) < 4.78 is 21.6. The molecule has 82 valence electrons. The van der Waals surface area contributed by atoms with Gasteiger partial charge in [0, 0.05) is 19.8 Å². The molecule has 0 aliphatic rings. The van der Waals surface area contributed by atoms with Gasteiger partial charge in [0.05, 0.1) is 5.75 Å². The predicted molar refractivity (Wildman–Crippen MR) is 55.9 cm³/mol. The first kappa shape index (κ1) is 12.7. The van der Waals surface area contributed by atoms with Crippen LogP contribution in [0, 0.1) is 5.41 Å². The Balaban J connectivity index is 4.17. The minimum Gasteiger partial charge on any atom is -0.370 e. The fourth-order valence-corrected chi connectivity index (χ4v) is 1.22. The molecule has 0 aliphatic heterocycles. The number of aliphatic imine (C=N–C) groups is 1. The van der Waals surface area contributed by atoms with Crippen molar-refractivity contribution in [1.82, 2.24) is 4.90 Å².